The molecule has 0 spiro atoms. The molecule has 1 aromatic heterocycles. The maximum Gasteiger partial charge on any atom is 0.422 e. The number of amides is 1. The lowest BCUT2D eigenvalue weighted by atomic mass is 10.2. The quantitative estimate of drug-likeness (QED) is 0.515. The highest BCUT2D eigenvalue weighted by molar-refractivity contribution is 6.33. The van der Waals surface area contributed by atoms with Crippen LogP contribution in [-0.4, -0.2) is 28.5 Å². The van der Waals surface area contributed by atoms with E-state index in [4.69, 9.17) is 16.3 Å². The molecular formula is C21H18ClF4N3O2. The van der Waals surface area contributed by atoms with Crippen molar-refractivity contribution < 1.29 is 27.1 Å². The van der Waals surface area contributed by atoms with Crippen molar-refractivity contribution >= 4 is 17.5 Å². The second-order valence-corrected chi connectivity index (χ2v) is 7.13. The molecular weight excluding hydrogens is 438 g/mol. The number of hydrogen-bond donors (Lipinski definition) is 1. The predicted octanol–water partition coefficient (Wildman–Crippen LogP) is 4.90. The summed E-state index contributed by atoms with van der Waals surface area (Å²) in [4.78, 5) is 12.6. The van der Waals surface area contributed by atoms with Gasteiger partial charge in [0.25, 0.3) is 5.91 Å². The standard InChI is InChI=1S/C21H18ClF4N3O2/c1-13-18(19(22)29(28-13)11-14-5-7-16(23)8-6-14)20(30)27-10-15-3-2-4-17(9-15)31-12-21(24,25)26/h2-9H,10-12H2,1H3,(H,27,30). The third kappa shape index (κ3) is 6.21. The number of carbonyl (C=O) groups is 1. The minimum absolute atomic E-state index is 0.0467. The predicted molar refractivity (Wildman–Crippen MR) is 107 cm³/mol. The van der Waals surface area contributed by atoms with Gasteiger partial charge in [0.05, 0.1) is 17.8 Å². The molecule has 0 bridgehead atoms. The second-order valence-electron chi connectivity index (χ2n) is 6.77. The van der Waals surface area contributed by atoms with E-state index in [-0.39, 0.29) is 35.4 Å². The Labute approximate surface area is 180 Å². The number of rotatable bonds is 7. The first-order valence-corrected chi connectivity index (χ1v) is 9.54. The van der Waals surface area contributed by atoms with E-state index < -0.39 is 18.7 Å². The summed E-state index contributed by atoms with van der Waals surface area (Å²) in [7, 11) is 0. The number of carbonyl (C=O) groups excluding carboxylic acids is 1. The van der Waals surface area contributed by atoms with Gasteiger partial charge < -0.3 is 10.1 Å². The first kappa shape index (κ1) is 22.6. The molecule has 0 aliphatic rings. The molecule has 3 rings (SSSR count). The van der Waals surface area contributed by atoms with Crippen molar-refractivity contribution in [2.75, 3.05) is 6.61 Å². The highest BCUT2D eigenvalue weighted by atomic mass is 35.5. The molecule has 0 fully saturated rings. The lowest BCUT2D eigenvalue weighted by molar-refractivity contribution is -0.153. The molecule has 0 unspecified atom stereocenters. The van der Waals surface area contributed by atoms with Crippen molar-refractivity contribution in [3.05, 3.63) is 81.9 Å². The molecule has 1 heterocycles. The average Bonchev–Trinajstić information content (AvgIpc) is 2.99. The van der Waals surface area contributed by atoms with Gasteiger partial charge in [0.2, 0.25) is 0 Å². The summed E-state index contributed by atoms with van der Waals surface area (Å²) in [5.41, 5.74) is 1.91. The van der Waals surface area contributed by atoms with E-state index in [2.05, 4.69) is 10.4 Å². The zero-order valence-electron chi connectivity index (χ0n) is 16.3. The Kier molecular flexibility index (Phi) is 6.84. The second kappa shape index (κ2) is 9.38. The zero-order chi connectivity index (χ0) is 22.6. The number of ether oxygens (including phenoxy) is 1. The highest BCUT2D eigenvalue weighted by Crippen LogP contribution is 2.22. The molecule has 0 atom stereocenters. The van der Waals surface area contributed by atoms with Crippen LogP contribution < -0.4 is 10.1 Å². The smallest absolute Gasteiger partial charge is 0.422 e. The molecule has 0 radical (unpaired) electrons. The van der Waals surface area contributed by atoms with E-state index in [0.717, 1.165) is 5.56 Å². The van der Waals surface area contributed by atoms with Crippen LogP contribution in [0.25, 0.3) is 0 Å². The third-order valence-corrected chi connectivity index (χ3v) is 4.68. The summed E-state index contributed by atoms with van der Waals surface area (Å²) >= 11 is 6.34. The Hall–Kier alpha value is -3.07. The average molecular weight is 456 g/mol. The molecule has 0 saturated carbocycles. The molecule has 0 aliphatic carbocycles. The Balaban J connectivity index is 1.66. The fraction of sp³-hybridized carbons (Fsp3) is 0.238. The minimum atomic E-state index is -4.44. The van der Waals surface area contributed by atoms with Crippen LogP contribution in [0, 0.1) is 12.7 Å². The summed E-state index contributed by atoms with van der Waals surface area (Å²) in [6.07, 6.45) is -4.44. The SMILES string of the molecule is Cc1nn(Cc2ccc(F)cc2)c(Cl)c1C(=O)NCc1cccc(OCC(F)(F)F)c1. The number of aryl methyl sites for hydroxylation is 1. The van der Waals surface area contributed by atoms with Gasteiger partial charge in [-0.05, 0) is 42.3 Å². The van der Waals surface area contributed by atoms with Crippen LogP contribution >= 0.6 is 11.6 Å². The van der Waals surface area contributed by atoms with Crippen molar-refractivity contribution in [2.24, 2.45) is 0 Å². The monoisotopic (exact) mass is 455 g/mol. The van der Waals surface area contributed by atoms with Crippen molar-refractivity contribution in [1.82, 2.24) is 15.1 Å². The first-order chi connectivity index (χ1) is 14.6. The van der Waals surface area contributed by atoms with Crippen LogP contribution in [-0.2, 0) is 13.1 Å². The molecule has 10 heteroatoms. The molecule has 5 nitrogen and oxygen atoms in total. The van der Waals surface area contributed by atoms with Gasteiger partial charge in [-0.15, -0.1) is 0 Å². The molecule has 2 aromatic carbocycles. The number of aromatic nitrogens is 2. The first-order valence-electron chi connectivity index (χ1n) is 9.16. The third-order valence-electron chi connectivity index (χ3n) is 4.29. The van der Waals surface area contributed by atoms with Gasteiger partial charge in [0.1, 0.15) is 16.7 Å². The van der Waals surface area contributed by atoms with Gasteiger partial charge in [0, 0.05) is 6.54 Å². The molecule has 0 aliphatic heterocycles. The number of nitrogens with zero attached hydrogens (tertiary/aromatic N) is 2. The molecule has 1 N–H and O–H groups in total. The Morgan fingerprint density at radius 2 is 1.87 bits per heavy atom. The van der Waals surface area contributed by atoms with E-state index in [0.29, 0.717) is 11.3 Å². The van der Waals surface area contributed by atoms with E-state index >= 15 is 0 Å². The topological polar surface area (TPSA) is 56.2 Å². The maximum atomic E-state index is 13.1. The molecule has 164 valence electrons. The Morgan fingerprint density at radius 3 is 2.55 bits per heavy atom. The fourth-order valence-electron chi connectivity index (χ4n) is 2.86. The van der Waals surface area contributed by atoms with Crippen LogP contribution in [0.4, 0.5) is 17.6 Å². The minimum Gasteiger partial charge on any atom is -0.484 e. The number of benzene rings is 2. The van der Waals surface area contributed by atoms with Gasteiger partial charge in [-0.1, -0.05) is 35.9 Å². The van der Waals surface area contributed by atoms with E-state index in [9.17, 15) is 22.4 Å². The van der Waals surface area contributed by atoms with Crippen LogP contribution in [0.3, 0.4) is 0 Å². The Morgan fingerprint density at radius 1 is 1.16 bits per heavy atom. The van der Waals surface area contributed by atoms with Crippen LogP contribution in [0.1, 0.15) is 27.2 Å². The lowest BCUT2D eigenvalue weighted by Gasteiger charge is -2.11. The van der Waals surface area contributed by atoms with Crippen molar-refractivity contribution in [2.45, 2.75) is 26.2 Å². The summed E-state index contributed by atoms with van der Waals surface area (Å²) < 4.78 is 56.1. The van der Waals surface area contributed by atoms with Gasteiger partial charge in [0.15, 0.2) is 6.61 Å². The molecule has 31 heavy (non-hydrogen) atoms. The number of alkyl halides is 3. The van der Waals surface area contributed by atoms with Gasteiger partial charge in [-0.2, -0.15) is 18.3 Å². The lowest BCUT2D eigenvalue weighted by Crippen LogP contribution is -2.23. The van der Waals surface area contributed by atoms with E-state index in [1.54, 1.807) is 25.1 Å². The number of halogens is 5. The van der Waals surface area contributed by atoms with Crippen molar-refractivity contribution in [3.8, 4) is 5.75 Å². The zero-order valence-corrected chi connectivity index (χ0v) is 17.1. The largest absolute Gasteiger partial charge is 0.484 e. The van der Waals surface area contributed by atoms with Crippen LogP contribution in [0.5, 0.6) is 5.75 Å². The number of hydrogen-bond acceptors (Lipinski definition) is 3. The van der Waals surface area contributed by atoms with Gasteiger partial charge in [-0.3, -0.25) is 4.79 Å². The summed E-state index contributed by atoms with van der Waals surface area (Å²) in [6, 6.07) is 11.8. The van der Waals surface area contributed by atoms with E-state index in [1.165, 1.54) is 35.0 Å². The van der Waals surface area contributed by atoms with E-state index in [1.807, 2.05) is 0 Å². The fourth-order valence-corrected chi connectivity index (χ4v) is 3.18. The maximum absolute atomic E-state index is 13.1. The van der Waals surface area contributed by atoms with Gasteiger partial charge in [-0.25, -0.2) is 9.07 Å². The normalized spacial score (nSPS) is 11.4. The summed E-state index contributed by atoms with van der Waals surface area (Å²) in [5.74, 6) is -0.792. The summed E-state index contributed by atoms with van der Waals surface area (Å²) in [5, 5.41) is 7.07. The number of nitrogens with one attached hydrogen (secondary N) is 1. The highest BCUT2D eigenvalue weighted by Gasteiger charge is 2.28. The molecule has 0 saturated heterocycles. The Bertz CT molecular complexity index is 1070. The van der Waals surface area contributed by atoms with Crippen LogP contribution in [0.15, 0.2) is 48.5 Å². The van der Waals surface area contributed by atoms with Crippen molar-refractivity contribution in [3.63, 3.8) is 0 Å². The van der Waals surface area contributed by atoms with Gasteiger partial charge >= 0.3 is 6.18 Å². The van der Waals surface area contributed by atoms with Crippen molar-refractivity contribution in [1.29, 1.82) is 0 Å². The van der Waals surface area contributed by atoms with Crippen LogP contribution in [0.2, 0.25) is 5.15 Å². The molecule has 3 aromatic rings. The molecule has 1 amide bonds. The summed E-state index contributed by atoms with van der Waals surface area (Å²) in [6.45, 7) is 0.547.